The topological polar surface area (TPSA) is 81.6 Å². The summed E-state index contributed by atoms with van der Waals surface area (Å²) in [5.74, 6) is -0.0458. The van der Waals surface area contributed by atoms with Crippen LogP contribution in [-0.2, 0) is 11.3 Å². The van der Waals surface area contributed by atoms with Gasteiger partial charge < -0.3 is 15.0 Å². The Hall–Kier alpha value is -2.12. The molecule has 118 valence electrons. The number of nitrogens with one attached hydrogen (secondary N) is 1. The van der Waals surface area contributed by atoms with Crippen molar-refractivity contribution in [3.05, 3.63) is 34.7 Å². The number of aliphatic hydroxyl groups is 1. The minimum atomic E-state index is -0.256. The third kappa shape index (κ3) is 2.90. The van der Waals surface area contributed by atoms with E-state index in [4.69, 9.17) is 5.11 Å². The number of para-hydroxylation sites is 2. The number of rotatable bonds is 4. The number of aliphatic hydroxyl groups excluding tert-OH is 1. The number of nitrogens with zero attached hydrogens (tertiary/aromatic N) is 3. The molecule has 2 aromatic rings. The summed E-state index contributed by atoms with van der Waals surface area (Å²) < 4.78 is 1.48. The first-order chi connectivity index (χ1) is 10.7. The Bertz CT molecular complexity index is 713. The van der Waals surface area contributed by atoms with Crippen LogP contribution >= 0.6 is 0 Å². The number of H-pyrrole nitrogens is 1. The van der Waals surface area contributed by atoms with E-state index in [9.17, 15) is 9.59 Å². The fourth-order valence-corrected chi connectivity index (χ4v) is 2.86. The Morgan fingerprint density at radius 1 is 1.18 bits per heavy atom. The van der Waals surface area contributed by atoms with Crippen molar-refractivity contribution in [1.82, 2.24) is 19.4 Å². The van der Waals surface area contributed by atoms with Gasteiger partial charge in [0, 0.05) is 32.7 Å². The van der Waals surface area contributed by atoms with Crippen molar-refractivity contribution < 1.29 is 9.90 Å². The number of aromatic amines is 1. The van der Waals surface area contributed by atoms with Gasteiger partial charge in [-0.3, -0.25) is 14.3 Å². The summed E-state index contributed by atoms with van der Waals surface area (Å²) in [5.41, 5.74) is 1.24. The standard InChI is InChI=1S/C15H20N4O3/c20-10-9-17-5-7-18(8-6-17)14(21)11-19-13-4-2-1-3-12(13)16-15(19)22/h1-4,20H,5-11H2,(H,16,22). The number of carbonyl (C=O) groups is 1. The number of amides is 1. The molecule has 3 rings (SSSR count). The van der Waals surface area contributed by atoms with Crippen molar-refractivity contribution in [2.24, 2.45) is 0 Å². The van der Waals surface area contributed by atoms with Crippen LogP contribution in [0.1, 0.15) is 0 Å². The Kier molecular flexibility index (Phi) is 4.26. The minimum Gasteiger partial charge on any atom is -0.395 e. The molecule has 0 spiro atoms. The van der Waals surface area contributed by atoms with E-state index in [2.05, 4.69) is 9.88 Å². The Labute approximate surface area is 127 Å². The average Bonchev–Trinajstić information content (AvgIpc) is 2.84. The SMILES string of the molecule is O=C(Cn1c(=O)[nH]c2ccccc21)N1CCN(CCO)CC1. The van der Waals surface area contributed by atoms with Crippen LogP contribution in [0.4, 0.5) is 0 Å². The molecule has 22 heavy (non-hydrogen) atoms. The average molecular weight is 304 g/mol. The molecule has 0 unspecified atom stereocenters. The molecule has 1 aromatic heterocycles. The van der Waals surface area contributed by atoms with Crippen LogP contribution in [0.15, 0.2) is 29.1 Å². The maximum atomic E-state index is 12.4. The van der Waals surface area contributed by atoms with E-state index in [0.717, 1.165) is 24.1 Å². The highest BCUT2D eigenvalue weighted by atomic mass is 16.3. The van der Waals surface area contributed by atoms with Crippen LogP contribution in [0.2, 0.25) is 0 Å². The highest BCUT2D eigenvalue weighted by Gasteiger charge is 2.21. The summed E-state index contributed by atoms with van der Waals surface area (Å²) in [4.78, 5) is 31.1. The summed E-state index contributed by atoms with van der Waals surface area (Å²) in [5, 5.41) is 8.93. The Morgan fingerprint density at radius 3 is 2.64 bits per heavy atom. The lowest BCUT2D eigenvalue weighted by Crippen LogP contribution is -2.50. The van der Waals surface area contributed by atoms with Crippen molar-refractivity contribution in [3.8, 4) is 0 Å². The molecule has 7 nitrogen and oxygen atoms in total. The second-order valence-electron chi connectivity index (χ2n) is 5.48. The Morgan fingerprint density at radius 2 is 1.91 bits per heavy atom. The lowest BCUT2D eigenvalue weighted by molar-refractivity contribution is -0.133. The van der Waals surface area contributed by atoms with Gasteiger partial charge in [-0.2, -0.15) is 0 Å². The molecular weight excluding hydrogens is 284 g/mol. The zero-order valence-electron chi connectivity index (χ0n) is 12.4. The number of hydrogen-bond donors (Lipinski definition) is 2. The van der Waals surface area contributed by atoms with Crippen LogP contribution in [0.25, 0.3) is 11.0 Å². The van der Waals surface area contributed by atoms with Crippen molar-refractivity contribution >= 4 is 16.9 Å². The normalized spacial score (nSPS) is 16.3. The van der Waals surface area contributed by atoms with Gasteiger partial charge in [-0.1, -0.05) is 12.1 Å². The smallest absolute Gasteiger partial charge is 0.326 e. The lowest BCUT2D eigenvalue weighted by atomic mass is 10.3. The molecule has 7 heteroatoms. The molecule has 0 saturated carbocycles. The number of fused-ring (bicyclic) bond motifs is 1. The van der Waals surface area contributed by atoms with Gasteiger partial charge in [-0.25, -0.2) is 4.79 Å². The maximum absolute atomic E-state index is 12.4. The summed E-state index contributed by atoms with van der Waals surface area (Å²) in [6.07, 6.45) is 0. The van der Waals surface area contributed by atoms with Crippen molar-refractivity contribution in [2.45, 2.75) is 6.54 Å². The fourth-order valence-electron chi connectivity index (χ4n) is 2.86. The first kappa shape index (κ1) is 14.8. The van der Waals surface area contributed by atoms with Gasteiger partial charge in [0.1, 0.15) is 6.54 Å². The molecule has 2 heterocycles. The number of imidazole rings is 1. The second kappa shape index (κ2) is 6.33. The second-order valence-corrected chi connectivity index (χ2v) is 5.48. The van der Waals surface area contributed by atoms with Gasteiger partial charge in [0.2, 0.25) is 5.91 Å². The molecule has 2 N–H and O–H groups in total. The van der Waals surface area contributed by atoms with E-state index in [1.807, 2.05) is 24.3 Å². The molecule has 1 aromatic carbocycles. The number of benzene rings is 1. The van der Waals surface area contributed by atoms with Crippen molar-refractivity contribution in [3.63, 3.8) is 0 Å². The van der Waals surface area contributed by atoms with Crippen LogP contribution in [0, 0.1) is 0 Å². The molecule has 0 aliphatic carbocycles. The van der Waals surface area contributed by atoms with Gasteiger partial charge >= 0.3 is 5.69 Å². The third-order valence-electron chi connectivity index (χ3n) is 4.12. The van der Waals surface area contributed by atoms with Gasteiger partial charge in [0.15, 0.2) is 0 Å². The molecule has 0 radical (unpaired) electrons. The summed E-state index contributed by atoms with van der Waals surface area (Å²) in [6.45, 7) is 3.63. The molecule has 1 amide bonds. The van der Waals surface area contributed by atoms with Gasteiger partial charge in [0.05, 0.1) is 17.6 Å². The van der Waals surface area contributed by atoms with E-state index >= 15 is 0 Å². The van der Waals surface area contributed by atoms with E-state index in [1.165, 1.54) is 4.57 Å². The zero-order chi connectivity index (χ0) is 15.5. The fraction of sp³-hybridized carbons (Fsp3) is 0.467. The summed E-state index contributed by atoms with van der Waals surface area (Å²) >= 11 is 0. The summed E-state index contributed by atoms with van der Waals surface area (Å²) in [7, 11) is 0. The van der Waals surface area contributed by atoms with E-state index in [1.54, 1.807) is 4.90 Å². The molecular formula is C15H20N4O3. The van der Waals surface area contributed by atoms with Crippen LogP contribution in [-0.4, -0.2) is 69.7 Å². The van der Waals surface area contributed by atoms with Crippen LogP contribution < -0.4 is 5.69 Å². The lowest BCUT2D eigenvalue weighted by Gasteiger charge is -2.34. The summed E-state index contributed by atoms with van der Waals surface area (Å²) in [6, 6.07) is 7.36. The number of carbonyl (C=O) groups excluding carboxylic acids is 1. The molecule has 1 saturated heterocycles. The highest BCUT2D eigenvalue weighted by molar-refractivity contribution is 5.80. The predicted molar refractivity (Wildman–Crippen MR) is 82.7 cm³/mol. The van der Waals surface area contributed by atoms with Gasteiger partial charge in [0.25, 0.3) is 0 Å². The third-order valence-corrected chi connectivity index (χ3v) is 4.12. The number of aromatic nitrogens is 2. The number of hydrogen-bond acceptors (Lipinski definition) is 4. The number of piperazine rings is 1. The number of β-amino-alcohol motifs (C(OH)–C–C–N with tert-alkyl or cyclic N) is 1. The molecule has 1 aliphatic rings. The maximum Gasteiger partial charge on any atom is 0.326 e. The quantitative estimate of drug-likeness (QED) is 0.795. The largest absolute Gasteiger partial charge is 0.395 e. The monoisotopic (exact) mass is 304 g/mol. The highest BCUT2D eigenvalue weighted by Crippen LogP contribution is 2.10. The molecule has 1 aliphatic heterocycles. The van der Waals surface area contributed by atoms with Gasteiger partial charge in [-0.15, -0.1) is 0 Å². The van der Waals surface area contributed by atoms with E-state index < -0.39 is 0 Å². The minimum absolute atomic E-state index is 0.0458. The molecule has 0 bridgehead atoms. The van der Waals surface area contributed by atoms with Crippen molar-refractivity contribution in [1.29, 1.82) is 0 Å². The Balaban J connectivity index is 1.69. The first-order valence-corrected chi connectivity index (χ1v) is 7.47. The zero-order valence-corrected chi connectivity index (χ0v) is 12.4. The van der Waals surface area contributed by atoms with Crippen LogP contribution in [0.5, 0.6) is 0 Å². The van der Waals surface area contributed by atoms with Crippen LogP contribution in [0.3, 0.4) is 0 Å². The molecule has 0 atom stereocenters. The first-order valence-electron chi connectivity index (χ1n) is 7.47. The van der Waals surface area contributed by atoms with Crippen molar-refractivity contribution in [2.75, 3.05) is 39.3 Å². The van der Waals surface area contributed by atoms with E-state index in [0.29, 0.717) is 19.6 Å². The van der Waals surface area contributed by atoms with E-state index in [-0.39, 0.29) is 24.7 Å². The van der Waals surface area contributed by atoms with Gasteiger partial charge in [-0.05, 0) is 12.1 Å². The molecule has 1 fully saturated rings. The predicted octanol–water partition coefficient (Wildman–Crippen LogP) is -0.534.